The average Bonchev–Trinajstić information content (AvgIpc) is 2.64. The average molecular weight is 255 g/mol. The molecule has 3 N–H and O–H groups in total. The minimum absolute atomic E-state index is 0.00681. The first kappa shape index (κ1) is 14.2. The van der Waals surface area contributed by atoms with E-state index >= 15 is 0 Å². The number of likely N-dealkylation sites (N-methyl/N-ethyl adjacent to an activating group) is 2. The molecule has 0 fully saturated rings. The number of hydrogen-bond donors (Lipinski definition) is 2. The molecule has 2 atom stereocenters. The van der Waals surface area contributed by atoms with Gasteiger partial charge in [0.2, 0.25) is 5.91 Å². The van der Waals surface area contributed by atoms with Crippen molar-refractivity contribution in [2.24, 2.45) is 5.73 Å². The second-order valence-corrected chi connectivity index (χ2v) is 5.31. The Kier molecular flexibility index (Phi) is 5.11. The number of nitrogens with zero attached hydrogens (tertiary/aromatic N) is 1. The van der Waals surface area contributed by atoms with Crippen LogP contribution in [0.1, 0.15) is 23.4 Å². The van der Waals surface area contributed by atoms with Crippen LogP contribution in [-0.4, -0.2) is 37.5 Å². The Balaban J connectivity index is 2.87. The fraction of sp³-hybridized carbons (Fsp3) is 0.583. The number of aryl methyl sites for hydroxylation is 1. The van der Waals surface area contributed by atoms with E-state index in [1.165, 1.54) is 10.4 Å². The van der Waals surface area contributed by atoms with Gasteiger partial charge in [-0.3, -0.25) is 9.69 Å². The molecule has 96 valence electrons. The largest absolute Gasteiger partial charge is 0.358 e. The maximum absolute atomic E-state index is 11.4. The minimum atomic E-state index is -0.0120. The maximum atomic E-state index is 11.4. The lowest BCUT2D eigenvalue weighted by Crippen LogP contribution is -2.42. The van der Waals surface area contributed by atoms with E-state index < -0.39 is 0 Å². The first-order chi connectivity index (χ1) is 7.97. The van der Waals surface area contributed by atoms with Crippen LogP contribution in [0, 0.1) is 6.92 Å². The fourth-order valence-corrected chi connectivity index (χ4v) is 3.14. The summed E-state index contributed by atoms with van der Waals surface area (Å²) in [7, 11) is 3.58. The third kappa shape index (κ3) is 3.52. The zero-order valence-corrected chi connectivity index (χ0v) is 11.7. The predicted octanol–water partition coefficient (Wildman–Crippen LogP) is 1.12. The predicted molar refractivity (Wildman–Crippen MR) is 72.1 cm³/mol. The molecule has 0 saturated carbocycles. The summed E-state index contributed by atoms with van der Waals surface area (Å²) in [6, 6.07) is 2.16. The molecular weight excluding hydrogens is 234 g/mol. The van der Waals surface area contributed by atoms with Crippen LogP contribution in [0.2, 0.25) is 0 Å². The van der Waals surface area contributed by atoms with Crippen molar-refractivity contribution in [3.8, 4) is 0 Å². The van der Waals surface area contributed by atoms with E-state index in [2.05, 4.69) is 23.7 Å². The molecule has 1 amide bonds. The Morgan fingerprint density at radius 1 is 1.65 bits per heavy atom. The molecule has 0 aliphatic carbocycles. The summed E-state index contributed by atoms with van der Waals surface area (Å²) in [6.07, 6.45) is 0. The second kappa shape index (κ2) is 6.14. The van der Waals surface area contributed by atoms with Crippen LogP contribution in [0.5, 0.6) is 0 Å². The molecule has 5 heteroatoms. The summed E-state index contributed by atoms with van der Waals surface area (Å²) >= 11 is 1.70. The molecule has 1 heterocycles. The highest BCUT2D eigenvalue weighted by Gasteiger charge is 2.24. The Bertz CT molecular complexity index is 376. The van der Waals surface area contributed by atoms with E-state index in [0.717, 1.165) is 0 Å². The topological polar surface area (TPSA) is 58.4 Å². The van der Waals surface area contributed by atoms with Crippen molar-refractivity contribution in [1.82, 2.24) is 10.2 Å². The first-order valence-electron chi connectivity index (χ1n) is 5.67. The van der Waals surface area contributed by atoms with E-state index in [1.54, 1.807) is 18.4 Å². The van der Waals surface area contributed by atoms with Gasteiger partial charge in [-0.15, -0.1) is 11.3 Å². The van der Waals surface area contributed by atoms with Gasteiger partial charge in [0, 0.05) is 18.0 Å². The second-order valence-electron chi connectivity index (χ2n) is 4.36. The number of nitrogens with one attached hydrogen (secondary N) is 1. The quantitative estimate of drug-likeness (QED) is 0.829. The standard InChI is InChI=1S/C12H21N3OS/c1-8-5-6-17-12(8)11(9(2)13)15(4)7-10(16)14-3/h5-6,9,11H,7,13H2,1-4H3,(H,14,16). The first-order valence-corrected chi connectivity index (χ1v) is 6.55. The third-order valence-corrected chi connectivity index (χ3v) is 3.90. The highest BCUT2D eigenvalue weighted by atomic mass is 32.1. The monoisotopic (exact) mass is 255 g/mol. The minimum Gasteiger partial charge on any atom is -0.358 e. The Hall–Kier alpha value is -0.910. The fourth-order valence-electron chi connectivity index (χ4n) is 1.93. The summed E-state index contributed by atoms with van der Waals surface area (Å²) < 4.78 is 0. The molecule has 2 unspecified atom stereocenters. The van der Waals surface area contributed by atoms with Crippen LogP contribution in [0.15, 0.2) is 11.4 Å². The molecule has 17 heavy (non-hydrogen) atoms. The van der Waals surface area contributed by atoms with Crippen molar-refractivity contribution in [3.63, 3.8) is 0 Å². The van der Waals surface area contributed by atoms with Crippen molar-refractivity contribution < 1.29 is 4.79 Å². The maximum Gasteiger partial charge on any atom is 0.233 e. The zero-order valence-electron chi connectivity index (χ0n) is 10.9. The number of rotatable bonds is 5. The van der Waals surface area contributed by atoms with Crippen LogP contribution >= 0.6 is 11.3 Å². The van der Waals surface area contributed by atoms with Crippen LogP contribution < -0.4 is 11.1 Å². The highest BCUT2D eigenvalue weighted by molar-refractivity contribution is 7.10. The molecule has 1 rings (SSSR count). The number of nitrogens with two attached hydrogens (primary N) is 1. The molecule has 0 aliphatic heterocycles. The molecule has 0 spiro atoms. The summed E-state index contributed by atoms with van der Waals surface area (Å²) in [5.41, 5.74) is 7.29. The van der Waals surface area contributed by atoms with Gasteiger partial charge >= 0.3 is 0 Å². The van der Waals surface area contributed by atoms with E-state index in [1.807, 2.05) is 18.9 Å². The number of amides is 1. The zero-order chi connectivity index (χ0) is 13.0. The van der Waals surface area contributed by atoms with Crippen LogP contribution in [0.25, 0.3) is 0 Å². The molecule has 0 radical (unpaired) electrons. The molecule has 0 saturated heterocycles. The molecular formula is C12H21N3OS. The normalized spacial score (nSPS) is 14.7. The lowest BCUT2D eigenvalue weighted by molar-refractivity contribution is -0.122. The van der Waals surface area contributed by atoms with E-state index in [9.17, 15) is 4.79 Å². The van der Waals surface area contributed by atoms with Gasteiger partial charge in [0.25, 0.3) is 0 Å². The molecule has 0 aliphatic rings. The summed E-state index contributed by atoms with van der Waals surface area (Å²) in [5.74, 6) is 0.00681. The number of carbonyl (C=O) groups is 1. The van der Waals surface area contributed by atoms with Gasteiger partial charge in [-0.1, -0.05) is 0 Å². The molecule has 0 bridgehead atoms. The van der Waals surface area contributed by atoms with Gasteiger partial charge in [0.15, 0.2) is 0 Å². The van der Waals surface area contributed by atoms with Gasteiger partial charge in [0.1, 0.15) is 0 Å². The Morgan fingerprint density at radius 3 is 2.71 bits per heavy atom. The number of hydrogen-bond acceptors (Lipinski definition) is 4. The Labute approximate surface area is 107 Å². The van der Waals surface area contributed by atoms with Crippen molar-refractivity contribution in [2.45, 2.75) is 25.9 Å². The van der Waals surface area contributed by atoms with E-state index in [0.29, 0.717) is 6.54 Å². The van der Waals surface area contributed by atoms with Gasteiger partial charge in [-0.05, 0) is 37.9 Å². The SMILES string of the molecule is CNC(=O)CN(C)C(c1sccc1C)C(C)N. The van der Waals surface area contributed by atoms with Crippen molar-refractivity contribution in [3.05, 3.63) is 21.9 Å². The van der Waals surface area contributed by atoms with Crippen LogP contribution in [0.4, 0.5) is 0 Å². The molecule has 0 aromatic carbocycles. The van der Waals surface area contributed by atoms with E-state index in [4.69, 9.17) is 5.73 Å². The molecule has 4 nitrogen and oxygen atoms in total. The van der Waals surface area contributed by atoms with Crippen LogP contribution in [0.3, 0.4) is 0 Å². The summed E-state index contributed by atoms with van der Waals surface area (Å²) in [5, 5.41) is 4.69. The van der Waals surface area contributed by atoms with Crippen molar-refractivity contribution in [1.29, 1.82) is 0 Å². The highest BCUT2D eigenvalue weighted by Crippen LogP contribution is 2.29. The van der Waals surface area contributed by atoms with E-state index in [-0.39, 0.29) is 18.0 Å². The van der Waals surface area contributed by atoms with Crippen molar-refractivity contribution in [2.75, 3.05) is 20.6 Å². The van der Waals surface area contributed by atoms with Gasteiger partial charge in [-0.2, -0.15) is 0 Å². The molecule has 1 aromatic heterocycles. The van der Waals surface area contributed by atoms with Crippen LogP contribution in [-0.2, 0) is 4.79 Å². The lowest BCUT2D eigenvalue weighted by atomic mass is 10.0. The van der Waals surface area contributed by atoms with Gasteiger partial charge in [-0.25, -0.2) is 0 Å². The lowest BCUT2D eigenvalue weighted by Gasteiger charge is -2.30. The smallest absolute Gasteiger partial charge is 0.233 e. The van der Waals surface area contributed by atoms with Gasteiger partial charge in [0.05, 0.1) is 12.6 Å². The molecule has 1 aromatic rings. The number of thiophene rings is 1. The number of carbonyl (C=O) groups excluding carboxylic acids is 1. The summed E-state index contributed by atoms with van der Waals surface area (Å²) in [4.78, 5) is 14.7. The van der Waals surface area contributed by atoms with Crippen molar-refractivity contribution >= 4 is 17.2 Å². The Morgan fingerprint density at radius 2 is 2.29 bits per heavy atom. The third-order valence-electron chi connectivity index (χ3n) is 2.82. The summed E-state index contributed by atoms with van der Waals surface area (Å²) in [6.45, 7) is 4.42. The van der Waals surface area contributed by atoms with Gasteiger partial charge < -0.3 is 11.1 Å².